The van der Waals surface area contributed by atoms with E-state index in [9.17, 15) is 18.9 Å². The Balaban J connectivity index is 2.80. The molecule has 1 heterocycles. The number of rotatable bonds is 6. The predicted molar refractivity (Wildman–Crippen MR) is 74.8 cm³/mol. The Labute approximate surface area is 119 Å². The molecule has 0 saturated carbocycles. The fourth-order valence-corrected chi connectivity index (χ4v) is 3.13. The minimum Gasteiger partial charge on any atom is -0.346 e. The third kappa shape index (κ3) is 4.63. The van der Waals surface area contributed by atoms with Crippen molar-refractivity contribution >= 4 is 15.2 Å². The molecule has 0 bridgehead atoms. The summed E-state index contributed by atoms with van der Waals surface area (Å²) in [5, 5.41) is 0. The van der Waals surface area contributed by atoms with Crippen LogP contribution in [-0.4, -0.2) is 39.6 Å². The van der Waals surface area contributed by atoms with Gasteiger partial charge in [0, 0.05) is 6.42 Å². The first kappa shape index (κ1) is 18.3. The van der Waals surface area contributed by atoms with Crippen LogP contribution in [0.4, 0.5) is 0 Å². The molecule has 9 heteroatoms. The molecule has 0 spiro atoms. The van der Waals surface area contributed by atoms with Crippen molar-refractivity contribution in [3.8, 4) is 0 Å². The summed E-state index contributed by atoms with van der Waals surface area (Å²) < 4.78 is 39.5. The van der Waals surface area contributed by atoms with Gasteiger partial charge in [-0.1, -0.05) is 27.7 Å². The first-order valence-electron chi connectivity index (χ1n) is 6.63. The Morgan fingerprint density at radius 3 is 1.95 bits per heavy atom. The van der Waals surface area contributed by atoms with Crippen molar-refractivity contribution in [3.63, 3.8) is 0 Å². The summed E-state index contributed by atoms with van der Waals surface area (Å²) in [4.78, 5) is 19.5. The van der Waals surface area contributed by atoms with Crippen LogP contribution in [0, 0.1) is 0 Å². The lowest BCUT2D eigenvalue weighted by atomic mass is 10.2. The molecule has 2 N–H and O–H groups in total. The SMILES string of the molecule is CC(C)P(=O)(O)O[C@H]1O[C@@H](C)C[C@@H]1OP(=O)(O)C(C)C. The topological polar surface area (TPSA) is 102 Å². The second kappa shape index (κ2) is 6.57. The van der Waals surface area contributed by atoms with E-state index in [1.807, 2.05) is 0 Å². The zero-order valence-corrected chi connectivity index (χ0v) is 14.2. The lowest BCUT2D eigenvalue weighted by Crippen LogP contribution is -2.27. The summed E-state index contributed by atoms with van der Waals surface area (Å²) in [5.41, 5.74) is -1.15. The third-order valence-corrected chi connectivity index (χ3v) is 6.77. The second-order valence-corrected chi connectivity index (χ2v) is 10.4. The number of hydrogen-bond donors (Lipinski definition) is 2. The van der Waals surface area contributed by atoms with Crippen molar-refractivity contribution in [1.82, 2.24) is 0 Å². The normalized spacial score (nSPS) is 33.4. The molecule has 1 aliphatic heterocycles. The minimum absolute atomic E-state index is 0.274. The van der Waals surface area contributed by atoms with Crippen LogP contribution in [0.2, 0.25) is 0 Å². The highest BCUT2D eigenvalue weighted by atomic mass is 31.2. The van der Waals surface area contributed by atoms with E-state index in [4.69, 9.17) is 13.8 Å². The van der Waals surface area contributed by atoms with Gasteiger partial charge in [0.15, 0.2) is 6.29 Å². The maximum atomic E-state index is 11.9. The molecule has 20 heavy (non-hydrogen) atoms. The van der Waals surface area contributed by atoms with E-state index in [2.05, 4.69) is 0 Å². The average Bonchev–Trinajstić information content (AvgIpc) is 2.56. The van der Waals surface area contributed by atoms with Gasteiger partial charge in [-0.3, -0.25) is 18.2 Å². The van der Waals surface area contributed by atoms with Gasteiger partial charge in [-0.25, -0.2) is 0 Å². The van der Waals surface area contributed by atoms with E-state index in [1.165, 1.54) is 0 Å². The second-order valence-electron chi connectivity index (χ2n) is 5.62. The van der Waals surface area contributed by atoms with Crippen LogP contribution in [0.3, 0.4) is 0 Å². The quantitative estimate of drug-likeness (QED) is 0.722. The smallest absolute Gasteiger partial charge is 0.333 e. The predicted octanol–water partition coefficient (Wildman–Crippen LogP) is 2.71. The summed E-state index contributed by atoms with van der Waals surface area (Å²) >= 11 is 0. The van der Waals surface area contributed by atoms with Crippen molar-refractivity contribution in [2.75, 3.05) is 0 Å². The van der Waals surface area contributed by atoms with Crippen LogP contribution in [0.25, 0.3) is 0 Å². The Morgan fingerprint density at radius 2 is 1.50 bits per heavy atom. The van der Waals surface area contributed by atoms with E-state index in [0.717, 1.165) is 0 Å². The molecule has 0 radical (unpaired) electrons. The molecule has 0 aliphatic carbocycles. The first-order chi connectivity index (χ1) is 8.95. The molecule has 1 rings (SSSR count). The molecule has 0 aromatic rings. The standard InChI is InChI=1S/C11H24O7P2/c1-7(2)19(12,13)17-10-6-9(5)16-11(10)18-20(14,15)8(3)4/h7-11H,6H2,1-5H3,(H,12,13)(H,14,15)/t9-,10-,11+/m0/s1. The minimum atomic E-state index is -3.84. The molecule has 120 valence electrons. The van der Waals surface area contributed by atoms with E-state index in [-0.39, 0.29) is 6.10 Å². The molecule has 0 aromatic heterocycles. The third-order valence-electron chi connectivity index (χ3n) is 3.08. The van der Waals surface area contributed by atoms with E-state index >= 15 is 0 Å². The molecule has 2 unspecified atom stereocenters. The zero-order chi connectivity index (χ0) is 15.7. The van der Waals surface area contributed by atoms with Gasteiger partial charge >= 0.3 is 15.2 Å². The average molecular weight is 330 g/mol. The van der Waals surface area contributed by atoms with Gasteiger partial charge in [-0.05, 0) is 6.92 Å². The van der Waals surface area contributed by atoms with E-state index in [1.54, 1.807) is 34.6 Å². The molecule has 0 amide bonds. The molecule has 1 aliphatic rings. The fraction of sp³-hybridized carbons (Fsp3) is 1.00. The van der Waals surface area contributed by atoms with Crippen LogP contribution in [-0.2, 0) is 22.9 Å². The monoisotopic (exact) mass is 330 g/mol. The van der Waals surface area contributed by atoms with Crippen LogP contribution >= 0.6 is 15.2 Å². The summed E-state index contributed by atoms with van der Waals surface area (Å²) in [7, 11) is -7.64. The number of hydrogen-bond acceptors (Lipinski definition) is 5. The molecular weight excluding hydrogens is 306 g/mol. The van der Waals surface area contributed by atoms with Crippen LogP contribution in [0.1, 0.15) is 41.0 Å². The maximum Gasteiger partial charge on any atom is 0.333 e. The van der Waals surface area contributed by atoms with Crippen molar-refractivity contribution in [2.45, 2.75) is 70.9 Å². The summed E-state index contributed by atoms with van der Waals surface area (Å²) in [5.74, 6) is 0. The molecule has 0 aromatic carbocycles. The zero-order valence-electron chi connectivity index (χ0n) is 12.4. The molecule has 1 saturated heterocycles. The maximum absolute atomic E-state index is 11.9. The highest BCUT2D eigenvalue weighted by Gasteiger charge is 2.44. The first-order valence-corrected chi connectivity index (χ1v) is 9.92. The van der Waals surface area contributed by atoms with Gasteiger partial charge in [-0.15, -0.1) is 0 Å². The Kier molecular flexibility index (Phi) is 6.02. The highest BCUT2D eigenvalue weighted by molar-refractivity contribution is 7.53. The summed E-state index contributed by atoms with van der Waals surface area (Å²) in [6, 6.07) is 0. The van der Waals surface area contributed by atoms with Crippen molar-refractivity contribution < 1.29 is 32.7 Å². The molecule has 7 nitrogen and oxygen atoms in total. The largest absolute Gasteiger partial charge is 0.346 e. The lowest BCUT2D eigenvalue weighted by Gasteiger charge is -2.26. The molecular formula is C11H24O7P2. The van der Waals surface area contributed by atoms with Gasteiger partial charge < -0.3 is 14.5 Å². The van der Waals surface area contributed by atoms with Crippen LogP contribution in [0.15, 0.2) is 0 Å². The van der Waals surface area contributed by atoms with Gasteiger partial charge in [0.25, 0.3) is 0 Å². The Bertz CT molecular complexity index is 385. The van der Waals surface area contributed by atoms with Crippen molar-refractivity contribution in [1.29, 1.82) is 0 Å². The van der Waals surface area contributed by atoms with E-state index in [0.29, 0.717) is 6.42 Å². The van der Waals surface area contributed by atoms with Crippen molar-refractivity contribution in [3.05, 3.63) is 0 Å². The summed E-state index contributed by atoms with van der Waals surface area (Å²) in [6.07, 6.45) is -1.88. The molecule has 1 fully saturated rings. The highest BCUT2D eigenvalue weighted by Crippen LogP contribution is 2.54. The van der Waals surface area contributed by atoms with Crippen LogP contribution < -0.4 is 0 Å². The van der Waals surface area contributed by atoms with Gasteiger partial charge in [0.05, 0.1) is 17.4 Å². The fourth-order valence-electron chi connectivity index (χ4n) is 1.58. The van der Waals surface area contributed by atoms with Gasteiger partial charge in [-0.2, -0.15) is 0 Å². The van der Waals surface area contributed by atoms with Crippen molar-refractivity contribution in [2.24, 2.45) is 0 Å². The molecule has 5 atom stereocenters. The van der Waals surface area contributed by atoms with Gasteiger partial charge in [0.1, 0.15) is 6.10 Å². The lowest BCUT2D eigenvalue weighted by molar-refractivity contribution is -0.106. The van der Waals surface area contributed by atoms with Gasteiger partial charge in [0.2, 0.25) is 0 Å². The Hall–Kier alpha value is 0.260. The van der Waals surface area contributed by atoms with E-state index < -0.39 is 38.9 Å². The summed E-state index contributed by atoms with van der Waals surface area (Å²) in [6.45, 7) is 8.00. The Morgan fingerprint density at radius 1 is 1.05 bits per heavy atom. The van der Waals surface area contributed by atoms with Crippen LogP contribution in [0.5, 0.6) is 0 Å². The number of ether oxygens (including phenoxy) is 1.